The fraction of sp³-hybridized carbons (Fsp3) is 0.211. The Hall–Kier alpha value is -3.95. The predicted octanol–water partition coefficient (Wildman–Crippen LogP) is 1.30. The van der Waals surface area contributed by atoms with Crippen LogP contribution in [0, 0.1) is 16.0 Å². The lowest BCUT2D eigenvalue weighted by Gasteiger charge is -2.15. The van der Waals surface area contributed by atoms with E-state index in [1.165, 1.54) is 12.1 Å². The van der Waals surface area contributed by atoms with Crippen molar-refractivity contribution < 1.29 is 24.0 Å². The zero-order valence-electron chi connectivity index (χ0n) is 15.0. The SMILES string of the molecule is O=C1NC[C@@H](c2ccccc2)[C@H]1C(=O)N/N=C/c1cc2c(cc1[N+](=O)[O-])OCO2. The van der Waals surface area contributed by atoms with Gasteiger partial charge in [-0.2, -0.15) is 5.10 Å². The lowest BCUT2D eigenvalue weighted by Crippen LogP contribution is -2.34. The van der Waals surface area contributed by atoms with Crippen molar-refractivity contribution >= 4 is 23.7 Å². The Kier molecular flexibility index (Phi) is 4.82. The third-order valence-electron chi connectivity index (χ3n) is 4.79. The molecule has 1 saturated heterocycles. The molecule has 0 radical (unpaired) electrons. The van der Waals surface area contributed by atoms with Gasteiger partial charge in [-0.1, -0.05) is 30.3 Å². The van der Waals surface area contributed by atoms with Gasteiger partial charge in [0, 0.05) is 12.5 Å². The van der Waals surface area contributed by atoms with Crippen molar-refractivity contribution in [2.45, 2.75) is 5.92 Å². The number of ether oxygens (including phenoxy) is 2. The van der Waals surface area contributed by atoms with Crippen LogP contribution in [0.25, 0.3) is 0 Å². The van der Waals surface area contributed by atoms with Crippen molar-refractivity contribution in [1.29, 1.82) is 0 Å². The van der Waals surface area contributed by atoms with E-state index in [1.807, 2.05) is 30.3 Å². The van der Waals surface area contributed by atoms with Crippen LogP contribution in [0.15, 0.2) is 47.6 Å². The molecule has 10 nitrogen and oxygen atoms in total. The molecule has 4 rings (SSSR count). The van der Waals surface area contributed by atoms with Gasteiger partial charge in [0.15, 0.2) is 11.5 Å². The molecule has 29 heavy (non-hydrogen) atoms. The Morgan fingerprint density at radius 3 is 2.69 bits per heavy atom. The largest absolute Gasteiger partial charge is 0.454 e. The summed E-state index contributed by atoms with van der Waals surface area (Å²) in [5, 5.41) is 17.8. The number of nitro benzene ring substituents is 1. The number of carbonyl (C=O) groups excluding carboxylic acids is 2. The molecule has 0 aromatic heterocycles. The van der Waals surface area contributed by atoms with Gasteiger partial charge in [-0.25, -0.2) is 5.43 Å². The fourth-order valence-corrected chi connectivity index (χ4v) is 3.38. The molecule has 2 aromatic carbocycles. The topological polar surface area (TPSA) is 132 Å². The first-order chi connectivity index (χ1) is 14.0. The van der Waals surface area contributed by atoms with Gasteiger partial charge in [-0.3, -0.25) is 19.7 Å². The molecular formula is C19H16N4O6. The molecule has 2 heterocycles. The van der Waals surface area contributed by atoms with Crippen LogP contribution in [-0.4, -0.2) is 36.3 Å². The first-order valence-corrected chi connectivity index (χ1v) is 8.78. The van der Waals surface area contributed by atoms with E-state index in [2.05, 4.69) is 15.8 Å². The molecule has 2 N–H and O–H groups in total. The normalized spacial score (nSPS) is 19.9. The third kappa shape index (κ3) is 3.59. The highest BCUT2D eigenvalue weighted by Crippen LogP contribution is 2.37. The van der Waals surface area contributed by atoms with Gasteiger partial charge < -0.3 is 14.8 Å². The number of carbonyl (C=O) groups is 2. The summed E-state index contributed by atoms with van der Waals surface area (Å²) < 4.78 is 10.3. The van der Waals surface area contributed by atoms with E-state index in [4.69, 9.17) is 9.47 Å². The molecule has 2 amide bonds. The van der Waals surface area contributed by atoms with Crippen LogP contribution in [0.3, 0.4) is 0 Å². The van der Waals surface area contributed by atoms with Crippen molar-refractivity contribution in [1.82, 2.24) is 10.7 Å². The molecule has 1 fully saturated rings. The number of benzene rings is 2. The smallest absolute Gasteiger partial charge is 0.282 e. The molecule has 2 aromatic rings. The average Bonchev–Trinajstić information content (AvgIpc) is 3.33. The Morgan fingerprint density at radius 2 is 1.97 bits per heavy atom. The maximum absolute atomic E-state index is 12.6. The van der Waals surface area contributed by atoms with E-state index in [1.54, 1.807) is 0 Å². The summed E-state index contributed by atoms with van der Waals surface area (Å²) in [7, 11) is 0. The lowest BCUT2D eigenvalue weighted by atomic mass is 9.88. The number of hydrogen-bond donors (Lipinski definition) is 2. The highest BCUT2D eigenvalue weighted by Gasteiger charge is 2.41. The molecule has 0 aliphatic carbocycles. The van der Waals surface area contributed by atoms with Crippen LogP contribution >= 0.6 is 0 Å². The standard InChI is InChI=1S/C19H16N4O6/c24-18-17(13(9-20-18)11-4-2-1-3-5-11)19(25)22-21-8-12-6-15-16(29-10-28-15)7-14(12)23(26)27/h1-8,13,17H,9-10H2,(H,20,24)(H,22,25)/b21-8+/t13-,17+/m0/s1. The van der Waals surface area contributed by atoms with Crippen molar-refractivity contribution in [2.24, 2.45) is 11.0 Å². The monoisotopic (exact) mass is 396 g/mol. The molecule has 0 bridgehead atoms. The maximum atomic E-state index is 12.6. The highest BCUT2D eigenvalue weighted by molar-refractivity contribution is 6.03. The summed E-state index contributed by atoms with van der Waals surface area (Å²) in [6.45, 7) is 0.319. The van der Waals surface area contributed by atoms with E-state index >= 15 is 0 Å². The second kappa shape index (κ2) is 7.58. The van der Waals surface area contributed by atoms with E-state index in [9.17, 15) is 19.7 Å². The summed E-state index contributed by atoms with van der Waals surface area (Å²) in [4.78, 5) is 35.4. The Morgan fingerprint density at radius 1 is 1.24 bits per heavy atom. The van der Waals surface area contributed by atoms with Gasteiger partial charge in [0.1, 0.15) is 5.92 Å². The molecule has 148 valence electrons. The zero-order chi connectivity index (χ0) is 20.4. The minimum atomic E-state index is -0.943. The number of fused-ring (bicyclic) bond motifs is 1. The lowest BCUT2D eigenvalue weighted by molar-refractivity contribution is -0.385. The zero-order valence-corrected chi connectivity index (χ0v) is 15.0. The fourth-order valence-electron chi connectivity index (χ4n) is 3.38. The summed E-state index contributed by atoms with van der Waals surface area (Å²) in [5.41, 5.74) is 3.07. The Balaban J connectivity index is 1.51. The first kappa shape index (κ1) is 18.4. The molecule has 0 saturated carbocycles. The van der Waals surface area contributed by atoms with Gasteiger partial charge in [-0.15, -0.1) is 0 Å². The minimum Gasteiger partial charge on any atom is -0.454 e. The van der Waals surface area contributed by atoms with Crippen LogP contribution in [0.2, 0.25) is 0 Å². The maximum Gasteiger partial charge on any atom is 0.282 e. The van der Waals surface area contributed by atoms with Gasteiger partial charge in [0.05, 0.1) is 22.8 Å². The molecule has 0 unspecified atom stereocenters. The second-order valence-corrected chi connectivity index (χ2v) is 6.50. The molecular weight excluding hydrogens is 380 g/mol. The van der Waals surface area contributed by atoms with E-state index < -0.39 is 16.7 Å². The van der Waals surface area contributed by atoms with Crippen LogP contribution in [-0.2, 0) is 9.59 Å². The molecule has 2 atom stereocenters. The van der Waals surface area contributed by atoms with Crippen molar-refractivity contribution in [3.8, 4) is 11.5 Å². The summed E-state index contributed by atoms with van der Waals surface area (Å²) in [6, 6.07) is 11.9. The summed E-state index contributed by atoms with van der Waals surface area (Å²) >= 11 is 0. The van der Waals surface area contributed by atoms with Crippen molar-refractivity contribution in [3.05, 3.63) is 63.7 Å². The second-order valence-electron chi connectivity index (χ2n) is 6.50. The molecule has 0 spiro atoms. The number of hydrazone groups is 1. The van der Waals surface area contributed by atoms with Crippen molar-refractivity contribution in [3.63, 3.8) is 0 Å². The van der Waals surface area contributed by atoms with Gasteiger partial charge >= 0.3 is 0 Å². The van der Waals surface area contributed by atoms with Gasteiger partial charge in [0.2, 0.25) is 12.7 Å². The number of nitro groups is 1. The predicted molar refractivity (Wildman–Crippen MR) is 101 cm³/mol. The quantitative estimate of drug-likeness (QED) is 0.339. The Labute approximate surface area is 164 Å². The van der Waals surface area contributed by atoms with Gasteiger partial charge in [-0.05, 0) is 11.6 Å². The Bertz CT molecular complexity index is 1010. The van der Waals surface area contributed by atoms with Crippen molar-refractivity contribution in [2.75, 3.05) is 13.3 Å². The molecule has 2 aliphatic heterocycles. The first-order valence-electron chi connectivity index (χ1n) is 8.78. The van der Waals surface area contributed by atoms with Crippen LogP contribution in [0.5, 0.6) is 11.5 Å². The highest BCUT2D eigenvalue weighted by atomic mass is 16.7. The van der Waals surface area contributed by atoms with Gasteiger partial charge in [0.25, 0.3) is 11.6 Å². The van der Waals surface area contributed by atoms with Crippen LogP contribution in [0.4, 0.5) is 5.69 Å². The summed E-state index contributed by atoms with van der Waals surface area (Å²) in [5.74, 6) is -1.62. The number of amides is 2. The molecule has 10 heteroatoms. The number of nitrogens with zero attached hydrogens (tertiary/aromatic N) is 2. The third-order valence-corrected chi connectivity index (χ3v) is 4.79. The summed E-state index contributed by atoms with van der Waals surface area (Å²) in [6.07, 6.45) is 1.14. The average molecular weight is 396 g/mol. The minimum absolute atomic E-state index is 0.0263. The molecule has 2 aliphatic rings. The number of hydrogen-bond acceptors (Lipinski definition) is 7. The van der Waals surface area contributed by atoms with Crippen LogP contribution < -0.4 is 20.2 Å². The van der Waals surface area contributed by atoms with E-state index in [-0.39, 0.29) is 35.6 Å². The number of rotatable bonds is 5. The van der Waals surface area contributed by atoms with E-state index in [0.29, 0.717) is 12.3 Å². The van der Waals surface area contributed by atoms with Crippen LogP contribution in [0.1, 0.15) is 17.0 Å². The number of nitrogens with one attached hydrogen (secondary N) is 2. The van der Waals surface area contributed by atoms with E-state index in [0.717, 1.165) is 11.8 Å².